The van der Waals surface area contributed by atoms with E-state index in [1.165, 1.54) is 6.20 Å². The molecule has 0 radical (unpaired) electrons. The van der Waals surface area contributed by atoms with E-state index in [1.54, 1.807) is 29.9 Å². The molecule has 0 saturated carbocycles. The summed E-state index contributed by atoms with van der Waals surface area (Å²) in [4.78, 5) is 26.4. The Hall–Kier alpha value is -2.37. The van der Waals surface area contributed by atoms with Crippen LogP contribution in [-0.4, -0.2) is 28.4 Å². The van der Waals surface area contributed by atoms with Crippen LogP contribution in [0.25, 0.3) is 11.0 Å². The molecule has 0 atom stereocenters. The summed E-state index contributed by atoms with van der Waals surface area (Å²) in [6, 6.07) is 3.45. The van der Waals surface area contributed by atoms with Gasteiger partial charge in [0.15, 0.2) is 0 Å². The van der Waals surface area contributed by atoms with Crippen molar-refractivity contribution in [1.29, 1.82) is 0 Å². The van der Waals surface area contributed by atoms with Gasteiger partial charge in [0.2, 0.25) is 11.8 Å². The third kappa shape index (κ3) is 2.10. The van der Waals surface area contributed by atoms with E-state index in [9.17, 15) is 9.59 Å². The summed E-state index contributed by atoms with van der Waals surface area (Å²) in [5.41, 5.74) is 6.17. The zero-order valence-electron chi connectivity index (χ0n) is 9.30. The van der Waals surface area contributed by atoms with E-state index >= 15 is 0 Å². The molecule has 6 heteroatoms. The highest BCUT2D eigenvalue weighted by Gasteiger charge is 2.08. The molecule has 88 valence electrons. The summed E-state index contributed by atoms with van der Waals surface area (Å²) in [5, 5.41) is 3.32. The topological polar surface area (TPSA) is 90.0 Å². The molecule has 0 aliphatic heterocycles. The van der Waals surface area contributed by atoms with Crippen LogP contribution < -0.4 is 11.1 Å². The number of pyridine rings is 1. The first-order valence-electron chi connectivity index (χ1n) is 5.07. The quantitative estimate of drug-likeness (QED) is 0.773. The molecule has 0 aliphatic rings. The number of likely N-dealkylation sites (N-methyl/N-ethyl adjacent to an activating group) is 1. The number of nitrogens with one attached hydrogen (secondary N) is 1. The van der Waals surface area contributed by atoms with Crippen LogP contribution in [0.1, 0.15) is 10.4 Å². The molecule has 0 aromatic carbocycles. The molecule has 2 heterocycles. The Bertz CT molecular complexity index is 588. The molecule has 0 aliphatic carbocycles. The highest BCUT2D eigenvalue weighted by atomic mass is 16.2. The van der Waals surface area contributed by atoms with Gasteiger partial charge in [0, 0.05) is 24.8 Å². The minimum atomic E-state index is -0.515. The van der Waals surface area contributed by atoms with E-state index in [0.29, 0.717) is 11.2 Å². The van der Waals surface area contributed by atoms with E-state index in [1.807, 2.05) is 0 Å². The third-order valence-electron chi connectivity index (χ3n) is 2.48. The number of amides is 2. The minimum absolute atomic E-state index is 0.108. The van der Waals surface area contributed by atoms with E-state index < -0.39 is 5.91 Å². The lowest BCUT2D eigenvalue weighted by Crippen LogP contribution is -2.23. The van der Waals surface area contributed by atoms with Gasteiger partial charge >= 0.3 is 0 Å². The average molecular weight is 232 g/mol. The van der Waals surface area contributed by atoms with Crippen molar-refractivity contribution in [3.8, 4) is 0 Å². The molecule has 17 heavy (non-hydrogen) atoms. The maximum atomic E-state index is 11.3. The largest absolute Gasteiger partial charge is 0.366 e. The van der Waals surface area contributed by atoms with Gasteiger partial charge in [-0.15, -0.1) is 0 Å². The Balaban J connectivity index is 2.41. The molecule has 0 bridgehead atoms. The van der Waals surface area contributed by atoms with Crippen molar-refractivity contribution in [1.82, 2.24) is 14.9 Å². The monoisotopic (exact) mass is 232 g/mol. The van der Waals surface area contributed by atoms with Crippen molar-refractivity contribution >= 4 is 22.8 Å². The maximum absolute atomic E-state index is 11.3. The average Bonchev–Trinajstić information content (AvgIpc) is 2.71. The zero-order valence-corrected chi connectivity index (χ0v) is 9.30. The van der Waals surface area contributed by atoms with Gasteiger partial charge in [0.25, 0.3) is 0 Å². The van der Waals surface area contributed by atoms with Gasteiger partial charge in [-0.3, -0.25) is 9.59 Å². The smallest absolute Gasteiger partial charge is 0.250 e. The normalized spacial score (nSPS) is 10.4. The lowest BCUT2D eigenvalue weighted by molar-refractivity contribution is -0.121. The number of carbonyl (C=O) groups excluding carboxylic acids is 2. The molecule has 2 amide bonds. The third-order valence-corrected chi connectivity index (χ3v) is 2.48. The van der Waals surface area contributed by atoms with E-state index in [2.05, 4.69) is 10.3 Å². The van der Waals surface area contributed by atoms with Crippen LogP contribution in [0.15, 0.2) is 24.5 Å². The molecule has 0 unspecified atom stereocenters. The predicted octanol–water partition coefficient (Wildman–Crippen LogP) is -0.119. The standard InChI is InChI=1S/C11H12N4O2/c1-13-9(16)6-15-3-2-7-4-8(10(12)17)5-14-11(7)15/h2-5H,6H2,1H3,(H2,12,17)(H,13,16). The number of hydrogen-bond donors (Lipinski definition) is 2. The Morgan fingerprint density at radius 2 is 2.29 bits per heavy atom. The lowest BCUT2D eigenvalue weighted by atomic mass is 10.2. The Labute approximate surface area is 97.4 Å². The predicted molar refractivity (Wildman–Crippen MR) is 62.3 cm³/mol. The van der Waals surface area contributed by atoms with Gasteiger partial charge in [-0.25, -0.2) is 4.98 Å². The first-order valence-corrected chi connectivity index (χ1v) is 5.07. The van der Waals surface area contributed by atoms with Gasteiger partial charge in [-0.1, -0.05) is 0 Å². The van der Waals surface area contributed by atoms with Crippen molar-refractivity contribution < 1.29 is 9.59 Å². The van der Waals surface area contributed by atoms with E-state index in [0.717, 1.165) is 5.39 Å². The van der Waals surface area contributed by atoms with Crippen LogP contribution in [0, 0.1) is 0 Å². The van der Waals surface area contributed by atoms with Crippen LogP contribution in [0.3, 0.4) is 0 Å². The Morgan fingerprint density at radius 3 is 2.94 bits per heavy atom. The molecule has 2 aromatic rings. The SMILES string of the molecule is CNC(=O)Cn1ccc2cc(C(N)=O)cnc21. The van der Waals surface area contributed by atoms with Crippen molar-refractivity contribution in [3.63, 3.8) is 0 Å². The zero-order chi connectivity index (χ0) is 12.4. The second-order valence-electron chi connectivity index (χ2n) is 3.62. The summed E-state index contributed by atoms with van der Waals surface area (Å²) < 4.78 is 1.71. The summed E-state index contributed by atoms with van der Waals surface area (Å²) in [5.74, 6) is -0.623. The Kier molecular flexibility index (Phi) is 2.78. The fourth-order valence-corrected chi connectivity index (χ4v) is 1.57. The first kappa shape index (κ1) is 11.1. The number of hydrogen-bond acceptors (Lipinski definition) is 3. The molecular formula is C11H12N4O2. The fourth-order valence-electron chi connectivity index (χ4n) is 1.57. The molecule has 6 nitrogen and oxygen atoms in total. The number of nitrogens with zero attached hydrogens (tertiary/aromatic N) is 2. The lowest BCUT2D eigenvalue weighted by Gasteiger charge is -2.03. The summed E-state index contributed by atoms with van der Waals surface area (Å²) in [6.45, 7) is 0.197. The first-order chi connectivity index (χ1) is 8.11. The van der Waals surface area contributed by atoms with Gasteiger partial charge in [0.05, 0.1) is 5.56 Å². The molecule has 3 N–H and O–H groups in total. The van der Waals surface area contributed by atoms with Gasteiger partial charge in [0.1, 0.15) is 12.2 Å². The number of fused-ring (bicyclic) bond motifs is 1. The molecular weight excluding hydrogens is 220 g/mol. The maximum Gasteiger partial charge on any atom is 0.250 e. The van der Waals surface area contributed by atoms with Crippen LogP contribution in [0.5, 0.6) is 0 Å². The van der Waals surface area contributed by atoms with Gasteiger partial charge in [-0.2, -0.15) is 0 Å². The second-order valence-corrected chi connectivity index (χ2v) is 3.62. The number of rotatable bonds is 3. The Morgan fingerprint density at radius 1 is 1.53 bits per heavy atom. The summed E-state index contributed by atoms with van der Waals surface area (Å²) in [7, 11) is 1.58. The molecule has 0 saturated heterocycles. The van der Waals surface area contributed by atoms with Crippen molar-refractivity contribution in [2.24, 2.45) is 5.73 Å². The molecule has 0 spiro atoms. The fraction of sp³-hybridized carbons (Fsp3) is 0.182. The van der Waals surface area contributed by atoms with Crippen molar-refractivity contribution in [2.75, 3.05) is 7.05 Å². The van der Waals surface area contributed by atoms with Crippen LogP contribution in [0.4, 0.5) is 0 Å². The molecule has 2 aromatic heterocycles. The second kappa shape index (κ2) is 4.25. The van der Waals surface area contributed by atoms with Crippen molar-refractivity contribution in [2.45, 2.75) is 6.54 Å². The minimum Gasteiger partial charge on any atom is -0.366 e. The summed E-state index contributed by atoms with van der Waals surface area (Å²) >= 11 is 0. The van der Waals surface area contributed by atoms with Crippen LogP contribution >= 0.6 is 0 Å². The van der Waals surface area contributed by atoms with Crippen LogP contribution in [0.2, 0.25) is 0 Å². The highest BCUT2D eigenvalue weighted by Crippen LogP contribution is 2.14. The number of primary amides is 1. The van der Waals surface area contributed by atoms with Crippen molar-refractivity contribution in [3.05, 3.63) is 30.1 Å². The van der Waals surface area contributed by atoms with E-state index in [-0.39, 0.29) is 12.5 Å². The van der Waals surface area contributed by atoms with Gasteiger partial charge < -0.3 is 15.6 Å². The number of aromatic nitrogens is 2. The number of nitrogens with two attached hydrogens (primary N) is 1. The van der Waals surface area contributed by atoms with Crippen LogP contribution in [-0.2, 0) is 11.3 Å². The molecule has 2 rings (SSSR count). The highest BCUT2D eigenvalue weighted by molar-refractivity contribution is 5.95. The molecule has 0 fully saturated rings. The number of carbonyl (C=O) groups is 2. The summed E-state index contributed by atoms with van der Waals surface area (Å²) in [6.07, 6.45) is 3.16. The van der Waals surface area contributed by atoms with Gasteiger partial charge in [-0.05, 0) is 12.1 Å². The van der Waals surface area contributed by atoms with E-state index in [4.69, 9.17) is 5.73 Å².